The van der Waals surface area contributed by atoms with Crippen molar-refractivity contribution in [2.24, 2.45) is 0 Å². The second-order valence-electron chi connectivity index (χ2n) is 6.95. The standard InChI is InChI=1S/C22H24N2O2S2/c1-3-27-19-9-5-4-8-17(19)21(25)24(14-16-7-6-12-26-16)22-23-18-11-10-15(2)13-20(18)28-22/h4-5,8-11,13,16H,3,6-7,12,14H2,1-2H3. The molecule has 0 saturated carbocycles. The fourth-order valence-electron chi connectivity index (χ4n) is 3.45. The summed E-state index contributed by atoms with van der Waals surface area (Å²) in [6, 6.07) is 14.1. The van der Waals surface area contributed by atoms with Crippen LogP contribution in [0.25, 0.3) is 10.2 Å². The molecule has 1 saturated heterocycles. The highest BCUT2D eigenvalue weighted by molar-refractivity contribution is 7.99. The molecule has 0 N–H and O–H groups in total. The summed E-state index contributed by atoms with van der Waals surface area (Å²) < 4.78 is 6.95. The van der Waals surface area contributed by atoms with Crippen LogP contribution in [0.15, 0.2) is 47.4 Å². The molecule has 0 radical (unpaired) electrons. The maximum absolute atomic E-state index is 13.6. The molecular weight excluding hydrogens is 388 g/mol. The summed E-state index contributed by atoms with van der Waals surface area (Å²) in [5.41, 5.74) is 2.87. The monoisotopic (exact) mass is 412 g/mol. The van der Waals surface area contributed by atoms with E-state index in [0.717, 1.165) is 51.0 Å². The number of aryl methyl sites for hydroxylation is 1. The van der Waals surface area contributed by atoms with Crippen molar-refractivity contribution in [3.8, 4) is 0 Å². The van der Waals surface area contributed by atoms with Gasteiger partial charge in [-0.2, -0.15) is 0 Å². The van der Waals surface area contributed by atoms with Gasteiger partial charge in [-0.1, -0.05) is 36.5 Å². The molecule has 1 amide bonds. The van der Waals surface area contributed by atoms with Gasteiger partial charge in [-0.05, 0) is 55.3 Å². The Morgan fingerprint density at radius 1 is 1.32 bits per heavy atom. The topological polar surface area (TPSA) is 42.4 Å². The Bertz CT molecular complexity index is 980. The van der Waals surface area contributed by atoms with E-state index < -0.39 is 0 Å². The largest absolute Gasteiger partial charge is 0.376 e. The van der Waals surface area contributed by atoms with Crippen LogP contribution in [0.5, 0.6) is 0 Å². The van der Waals surface area contributed by atoms with Crippen LogP contribution >= 0.6 is 23.1 Å². The zero-order valence-corrected chi connectivity index (χ0v) is 17.8. The molecule has 146 valence electrons. The number of benzene rings is 2. The molecule has 0 bridgehead atoms. The number of thioether (sulfide) groups is 1. The molecule has 2 aromatic carbocycles. The number of hydrogen-bond donors (Lipinski definition) is 0. The van der Waals surface area contributed by atoms with Gasteiger partial charge >= 0.3 is 0 Å². The van der Waals surface area contributed by atoms with Gasteiger partial charge in [0.1, 0.15) is 0 Å². The maximum Gasteiger partial charge on any atom is 0.261 e. The first-order valence-electron chi connectivity index (χ1n) is 9.68. The molecule has 4 nitrogen and oxygen atoms in total. The lowest BCUT2D eigenvalue weighted by atomic mass is 10.1. The Labute approximate surface area is 173 Å². The van der Waals surface area contributed by atoms with Crippen LogP contribution in [-0.4, -0.2) is 35.9 Å². The molecule has 1 unspecified atom stereocenters. The molecule has 1 atom stereocenters. The Morgan fingerprint density at radius 2 is 2.18 bits per heavy atom. The summed E-state index contributed by atoms with van der Waals surface area (Å²) in [5.74, 6) is 0.930. The van der Waals surface area contributed by atoms with Gasteiger partial charge in [0.05, 0.1) is 28.4 Å². The first-order valence-corrected chi connectivity index (χ1v) is 11.5. The minimum Gasteiger partial charge on any atom is -0.376 e. The first kappa shape index (κ1) is 19.4. The van der Waals surface area contributed by atoms with Crippen molar-refractivity contribution < 1.29 is 9.53 Å². The van der Waals surface area contributed by atoms with Gasteiger partial charge in [0, 0.05) is 11.5 Å². The van der Waals surface area contributed by atoms with Crippen LogP contribution < -0.4 is 4.90 Å². The van der Waals surface area contributed by atoms with Crippen molar-refractivity contribution in [1.29, 1.82) is 0 Å². The van der Waals surface area contributed by atoms with Crippen LogP contribution in [0.3, 0.4) is 0 Å². The third-order valence-corrected chi connectivity index (χ3v) is 6.83. The Morgan fingerprint density at radius 3 is 2.96 bits per heavy atom. The van der Waals surface area contributed by atoms with Crippen molar-refractivity contribution >= 4 is 44.4 Å². The lowest BCUT2D eigenvalue weighted by Gasteiger charge is -2.24. The van der Waals surface area contributed by atoms with E-state index in [1.165, 1.54) is 5.56 Å². The molecule has 1 aliphatic heterocycles. The van der Waals surface area contributed by atoms with Gasteiger partial charge in [0.2, 0.25) is 0 Å². The molecule has 1 aliphatic rings. The number of aromatic nitrogens is 1. The fraction of sp³-hybridized carbons (Fsp3) is 0.364. The van der Waals surface area contributed by atoms with Crippen LogP contribution in [0.2, 0.25) is 0 Å². The summed E-state index contributed by atoms with van der Waals surface area (Å²) in [4.78, 5) is 21.2. The number of amides is 1. The molecule has 0 spiro atoms. The molecule has 28 heavy (non-hydrogen) atoms. The van der Waals surface area contributed by atoms with E-state index in [9.17, 15) is 4.79 Å². The van der Waals surface area contributed by atoms with E-state index in [2.05, 4.69) is 26.0 Å². The average molecular weight is 413 g/mol. The lowest BCUT2D eigenvalue weighted by Crippen LogP contribution is -2.37. The predicted octanol–water partition coefficient (Wildman–Crippen LogP) is 5.54. The first-order chi connectivity index (χ1) is 13.7. The SMILES string of the molecule is CCSc1ccccc1C(=O)N(CC1CCCO1)c1nc2ccc(C)cc2s1. The number of carbonyl (C=O) groups excluding carboxylic acids is 1. The van der Waals surface area contributed by atoms with Crippen molar-refractivity contribution in [2.75, 3.05) is 23.8 Å². The molecule has 6 heteroatoms. The predicted molar refractivity (Wildman–Crippen MR) is 118 cm³/mol. The second kappa shape index (κ2) is 8.64. The third-order valence-electron chi connectivity index (χ3n) is 4.84. The number of carbonyl (C=O) groups is 1. The van der Waals surface area contributed by atoms with E-state index >= 15 is 0 Å². The van der Waals surface area contributed by atoms with E-state index in [1.807, 2.05) is 35.2 Å². The Balaban J connectivity index is 1.73. The normalized spacial score (nSPS) is 16.6. The van der Waals surface area contributed by atoms with Gasteiger partial charge in [0.15, 0.2) is 5.13 Å². The molecule has 4 rings (SSSR count). The van der Waals surface area contributed by atoms with Gasteiger partial charge in [-0.25, -0.2) is 4.98 Å². The Kier molecular flexibility index (Phi) is 5.99. The summed E-state index contributed by atoms with van der Waals surface area (Å²) in [6.07, 6.45) is 2.11. The van der Waals surface area contributed by atoms with Gasteiger partial charge in [0.25, 0.3) is 5.91 Å². The second-order valence-corrected chi connectivity index (χ2v) is 9.26. The maximum atomic E-state index is 13.6. The van der Waals surface area contributed by atoms with Crippen LogP contribution in [0.4, 0.5) is 5.13 Å². The summed E-state index contributed by atoms with van der Waals surface area (Å²) >= 11 is 3.27. The highest BCUT2D eigenvalue weighted by atomic mass is 32.2. The minimum atomic E-state index is 0.00262. The zero-order valence-electron chi connectivity index (χ0n) is 16.2. The van der Waals surface area contributed by atoms with Crippen molar-refractivity contribution in [3.05, 3.63) is 53.6 Å². The average Bonchev–Trinajstić information content (AvgIpc) is 3.35. The number of anilines is 1. The van der Waals surface area contributed by atoms with Crippen LogP contribution in [0.1, 0.15) is 35.7 Å². The molecule has 0 aliphatic carbocycles. The van der Waals surface area contributed by atoms with Gasteiger partial charge < -0.3 is 4.74 Å². The van der Waals surface area contributed by atoms with Crippen LogP contribution in [-0.2, 0) is 4.74 Å². The number of hydrogen-bond acceptors (Lipinski definition) is 5. The van der Waals surface area contributed by atoms with Crippen molar-refractivity contribution in [2.45, 2.75) is 37.7 Å². The molecule has 2 heterocycles. The van der Waals surface area contributed by atoms with Gasteiger partial charge in [-0.15, -0.1) is 11.8 Å². The number of thiazole rings is 1. The molecule has 1 aromatic heterocycles. The highest BCUT2D eigenvalue weighted by Crippen LogP contribution is 2.33. The van der Waals surface area contributed by atoms with E-state index in [0.29, 0.717) is 6.54 Å². The highest BCUT2D eigenvalue weighted by Gasteiger charge is 2.28. The van der Waals surface area contributed by atoms with E-state index in [4.69, 9.17) is 9.72 Å². The summed E-state index contributed by atoms with van der Waals surface area (Å²) in [5, 5.41) is 0.748. The zero-order chi connectivity index (χ0) is 19.5. The smallest absolute Gasteiger partial charge is 0.261 e. The van der Waals surface area contributed by atoms with E-state index in [1.54, 1.807) is 23.1 Å². The summed E-state index contributed by atoms with van der Waals surface area (Å²) in [7, 11) is 0. The van der Waals surface area contributed by atoms with Gasteiger partial charge in [-0.3, -0.25) is 9.69 Å². The summed E-state index contributed by atoms with van der Waals surface area (Å²) in [6.45, 7) is 5.50. The van der Waals surface area contributed by atoms with Crippen LogP contribution in [0, 0.1) is 6.92 Å². The number of ether oxygens (including phenoxy) is 1. The number of nitrogens with zero attached hydrogens (tertiary/aromatic N) is 2. The van der Waals surface area contributed by atoms with Crippen molar-refractivity contribution in [1.82, 2.24) is 4.98 Å². The Hall–Kier alpha value is -1.89. The fourth-order valence-corrected chi connectivity index (χ4v) is 5.31. The minimum absolute atomic E-state index is 0.00262. The van der Waals surface area contributed by atoms with Crippen molar-refractivity contribution in [3.63, 3.8) is 0 Å². The number of fused-ring (bicyclic) bond motifs is 1. The molecule has 3 aromatic rings. The quantitative estimate of drug-likeness (QED) is 0.498. The lowest BCUT2D eigenvalue weighted by molar-refractivity contribution is 0.0915. The number of rotatable bonds is 6. The molecule has 1 fully saturated rings. The third kappa shape index (κ3) is 4.09. The van der Waals surface area contributed by atoms with E-state index in [-0.39, 0.29) is 12.0 Å². The molecular formula is C22H24N2O2S2.